The summed E-state index contributed by atoms with van der Waals surface area (Å²) in [6.45, 7) is 1.06. The lowest BCUT2D eigenvalue weighted by Gasteiger charge is -2.17. The average molecular weight is 343 g/mol. The van der Waals surface area contributed by atoms with E-state index >= 15 is 0 Å². The molecular weight excluding hydrogens is 324 g/mol. The molecule has 1 saturated carbocycles. The Balaban J connectivity index is 1.75. The van der Waals surface area contributed by atoms with Crippen LogP contribution in [-0.4, -0.2) is 25.8 Å². The van der Waals surface area contributed by atoms with Crippen molar-refractivity contribution in [2.75, 3.05) is 7.05 Å². The van der Waals surface area contributed by atoms with E-state index in [1.54, 1.807) is 24.5 Å². The number of nitrogens with one attached hydrogen (secondary N) is 1. The monoisotopic (exact) mass is 342 g/mol. The standard InChI is InChI=1S/C14H18N2O2S3/c1-16(10-12-3-2-7-19-12)21(17,18)14-6-8-20-13(14)9-15-11-4-5-11/h2-3,6-8,11,15H,4-5,9-10H2,1H3. The summed E-state index contributed by atoms with van der Waals surface area (Å²) < 4.78 is 26.9. The van der Waals surface area contributed by atoms with Gasteiger partial charge in [-0.05, 0) is 35.7 Å². The summed E-state index contributed by atoms with van der Waals surface area (Å²) in [6.07, 6.45) is 2.40. The molecule has 21 heavy (non-hydrogen) atoms. The second-order valence-electron chi connectivity index (χ2n) is 5.20. The molecule has 1 N–H and O–H groups in total. The Bertz CT molecular complexity index is 688. The predicted molar refractivity (Wildman–Crippen MR) is 87.2 cm³/mol. The zero-order chi connectivity index (χ0) is 14.9. The van der Waals surface area contributed by atoms with Gasteiger partial charge in [0, 0.05) is 35.9 Å². The van der Waals surface area contributed by atoms with Gasteiger partial charge < -0.3 is 5.32 Å². The number of nitrogens with zero attached hydrogens (tertiary/aromatic N) is 1. The van der Waals surface area contributed by atoms with E-state index in [0.717, 1.165) is 9.75 Å². The van der Waals surface area contributed by atoms with Gasteiger partial charge in [0.25, 0.3) is 0 Å². The molecule has 1 aliphatic carbocycles. The fraction of sp³-hybridized carbons (Fsp3) is 0.429. The van der Waals surface area contributed by atoms with Crippen molar-refractivity contribution in [3.05, 3.63) is 38.7 Å². The zero-order valence-corrected chi connectivity index (χ0v) is 14.2. The van der Waals surface area contributed by atoms with E-state index in [0.29, 0.717) is 24.0 Å². The summed E-state index contributed by atoms with van der Waals surface area (Å²) in [4.78, 5) is 2.40. The summed E-state index contributed by atoms with van der Waals surface area (Å²) in [7, 11) is -1.78. The highest BCUT2D eigenvalue weighted by atomic mass is 32.2. The molecule has 1 fully saturated rings. The molecule has 0 radical (unpaired) electrons. The fourth-order valence-electron chi connectivity index (χ4n) is 2.09. The normalized spacial score (nSPS) is 15.7. The lowest BCUT2D eigenvalue weighted by Crippen LogP contribution is -2.27. The summed E-state index contributed by atoms with van der Waals surface area (Å²) >= 11 is 3.08. The van der Waals surface area contributed by atoms with Crippen LogP contribution in [0.3, 0.4) is 0 Å². The summed E-state index contributed by atoms with van der Waals surface area (Å²) in [5, 5.41) is 7.21. The van der Waals surface area contributed by atoms with E-state index in [9.17, 15) is 8.42 Å². The molecule has 4 nitrogen and oxygen atoms in total. The Morgan fingerprint density at radius 3 is 2.76 bits per heavy atom. The third-order valence-electron chi connectivity index (χ3n) is 3.48. The number of rotatable bonds is 7. The Kier molecular flexibility index (Phi) is 4.46. The molecule has 2 heterocycles. The molecular formula is C14H18N2O2S3. The summed E-state index contributed by atoms with van der Waals surface area (Å²) in [5.41, 5.74) is 0. The lowest BCUT2D eigenvalue weighted by molar-refractivity contribution is 0.469. The molecule has 0 amide bonds. The van der Waals surface area contributed by atoms with Crippen LogP contribution in [0.1, 0.15) is 22.6 Å². The molecule has 2 aromatic rings. The maximum absolute atomic E-state index is 12.7. The number of hydrogen-bond acceptors (Lipinski definition) is 5. The van der Waals surface area contributed by atoms with Crippen molar-refractivity contribution in [3.63, 3.8) is 0 Å². The maximum Gasteiger partial charge on any atom is 0.244 e. The summed E-state index contributed by atoms with van der Waals surface area (Å²) in [6, 6.07) is 6.19. The minimum Gasteiger partial charge on any atom is -0.309 e. The van der Waals surface area contributed by atoms with Gasteiger partial charge in [0.15, 0.2) is 0 Å². The van der Waals surface area contributed by atoms with Crippen molar-refractivity contribution in [2.45, 2.75) is 36.9 Å². The van der Waals surface area contributed by atoms with E-state index in [2.05, 4.69) is 5.32 Å². The first-order valence-corrected chi connectivity index (χ1v) is 10.1. The SMILES string of the molecule is CN(Cc1cccs1)S(=O)(=O)c1ccsc1CNC1CC1. The van der Waals surface area contributed by atoms with Crippen LogP contribution in [0.5, 0.6) is 0 Å². The Morgan fingerprint density at radius 2 is 2.10 bits per heavy atom. The van der Waals surface area contributed by atoms with Crippen molar-refractivity contribution < 1.29 is 8.42 Å². The van der Waals surface area contributed by atoms with Crippen LogP contribution in [0.15, 0.2) is 33.9 Å². The van der Waals surface area contributed by atoms with E-state index in [4.69, 9.17) is 0 Å². The maximum atomic E-state index is 12.7. The third kappa shape index (κ3) is 3.54. The van der Waals surface area contributed by atoms with E-state index in [1.807, 2.05) is 22.9 Å². The zero-order valence-electron chi connectivity index (χ0n) is 11.8. The smallest absolute Gasteiger partial charge is 0.244 e. The van der Waals surface area contributed by atoms with Gasteiger partial charge >= 0.3 is 0 Å². The number of sulfonamides is 1. The molecule has 1 aliphatic rings. The van der Waals surface area contributed by atoms with Crippen LogP contribution >= 0.6 is 22.7 Å². The molecule has 7 heteroatoms. The van der Waals surface area contributed by atoms with Crippen LogP contribution in [0.4, 0.5) is 0 Å². The Hall–Kier alpha value is -0.730. The first kappa shape index (κ1) is 15.2. The molecule has 3 rings (SSSR count). The first-order chi connectivity index (χ1) is 10.1. The average Bonchev–Trinajstić information content (AvgIpc) is 2.93. The molecule has 2 aromatic heterocycles. The second kappa shape index (κ2) is 6.18. The predicted octanol–water partition coefficient (Wildman–Crippen LogP) is 2.88. The van der Waals surface area contributed by atoms with E-state index < -0.39 is 10.0 Å². The molecule has 114 valence electrons. The van der Waals surface area contributed by atoms with Crippen LogP contribution in [0, 0.1) is 0 Å². The van der Waals surface area contributed by atoms with Crippen molar-refractivity contribution in [1.29, 1.82) is 0 Å². The first-order valence-electron chi connectivity index (χ1n) is 6.86. The minimum absolute atomic E-state index is 0.422. The molecule has 0 saturated heterocycles. The Labute approximate surface area is 133 Å². The van der Waals surface area contributed by atoms with Gasteiger partial charge in [-0.3, -0.25) is 0 Å². The fourth-order valence-corrected chi connectivity index (χ4v) is 5.44. The quantitative estimate of drug-likeness (QED) is 0.842. The van der Waals surface area contributed by atoms with E-state index in [-0.39, 0.29) is 0 Å². The molecule has 0 aromatic carbocycles. The summed E-state index contributed by atoms with van der Waals surface area (Å²) in [5.74, 6) is 0. The van der Waals surface area contributed by atoms with Gasteiger partial charge in [-0.1, -0.05) is 6.07 Å². The van der Waals surface area contributed by atoms with Gasteiger partial charge in [0.2, 0.25) is 10.0 Å². The van der Waals surface area contributed by atoms with Crippen molar-refractivity contribution >= 4 is 32.7 Å². The largest absolute Gasteiger partial charge is 0.309 e. The van der Waals surface area contributed by atoms with Crippen LogP contribution in [-0.2, 0) is 23.1 Å². The molecule has 0 bridgehead atoms. The van der Waals surface area contributed by atoms with Crippen LogP contribution < -0.4 is 5.32 Å². The highest BCUT2D eigenvalue weighted by Crippen LogP contribution is 2.27. The highest BCUT2D eigenvalue weighted by Gasteiger charge is 2.26. The van der Waals surface area contributed by atoms with E-state index in [1.165, 1.54) is 28.5 Å². The van der Waals surface area contributed by atoms with Gasteiger partial charge in [0.05, 0.1) is 4.90 Å². The third-order valence-corrected chi connectivity index (χ3v) is 7.28. The topological polar surface area (TPSA) is 49.4 Å². The van der Waals surface area contributed by atoms with Gasteiger partial charge in [-0.15, -0.1) is 22.7 Å². The van der Waals surface area contributed by atoms with Gasteiger partial charge in [-0.25, -0.2) is 8.42 Å². The Morgan fingerprint density at radius 1 is 1.29 bits per heavy atom. The molecule has 0 atom stereocenters. The van der Waals surface area contributed by atoms with Crippen molar-refractivity contribution in [1.82, 2.24) is 9.62 Å². The molecule has 0 aliphatic heterocycles. The second-order valence-corrected chi connectivity index (χ2v) is 9.25. The number of thiophene rings is 2. The van der Waals surface area contributed by atoms with Crippen LogP contribution in [0.25, 0.3) is 0 Å². The van der Waals surface area contributed by atoms with Crippen molar-refractivity contribution in [3.8, 4) is 0 Å². The van der Waals surface area contributed by atoms with Gasteiger partial charge in [-0.2, -0.15) is 4.31 Å². The minimum atomic E-state index is -3.42. The molecule has 0 spiro atoms. The van der Waals surface area contributed by atoms with Crippen LogP contribution in [0.2, 0.25) is 0 Å². The highest BCUT2D eigenvalue weighted by molar-refractivity contribution is 7.89. The van der Waals surface area contributed by atoms with Gasteiger partial charge in [0.1, 0.15) is 0 Å². The van der Waals surface area contributed by atoms with Crippen molar-refractivity contribution in [2.24, 2.45) is 0 Å². The molecule has 0 unspecified atom stereocenters. The number of hydrogen-bond donors (Lipinski definition) is 1. The lowest BCUT2D eigenvalue weighted by atomic mass is 10.4.